The summed E-state index contributed by atoms with van der Waals surface area (Å²) in [5.74, 6) is 0.144. The molecule has 0 saturated carbocycles. The Kier molecular flexibility index (Phi) is 5.42. The lowest BCUT2D eigenvalue weighted by Crippen LogP contribution is -2.18. The van der Waals surface area contributed by atoms with E-state index in [1.807, 2.05) is 26.0 Å². The van der Waals surface area contributed by atoms with Gasteiger partial charge in [-0.3, -0.25) is 4.79 Å². The Balaban J connectivity index is 2.15. The van der Waals surface area contributed by atoms with Crippen LogP contribution in [-0.4, -0.2) is 31.4 Å². The molecule has 0 aliphatic heterocycles. The lowest BCUT2D eigenvalue weighted by molar-refractivity contribution is 0.0954. The maximum absolute atomic E-state index is 12.2. The Morgan fingerprint density at radius 3 is 2.29 bits per heavy atom. The summed E-state index contributed by atoms with van der Waals surface area (Å²) in [7, 11) is 2.88. The predicted octanol–water partition coefficient (Wildman–Crippen LogP) is 2.79. The molecule has 0 aliphatic rings. The zero-order chi connectivity index (χ0) is 17.7. The lowest BCUT2D eigenvalue weighted by atomic mass is 10.1. The summed E-state index contributed by atoms with van der Waals surface area (Å²) in [6.07, 6.45) is 1.45. The van der Waals surface area contributed by atoms with Gasteiger partial charge < -0.3 is 14.6 Å². The molecule has 0 aliphatic carbocycles. The number of rotatable bonds is 5. The third kappa shape index (κ3) is 3.84. The number of methoxy groups -OCH3 is 2. The van der Waals surface area contributed by atoms with Gasteiger partial charge in [-0.05, 0) is 37.6 Å². The number of aromatic hydroxyl groups is 1. The van der Waals surface area contributed by atoms with Crippen molar-refractivity contribution in [2.24, 2.45) is 5.10 Å². The van der Waals surface area contributed by atoms with Gasteiger partial charge in [0, 0.05) is 11.1 Å². The first-order valence-corrected chi connectivity index (χ1v) is 7.32. The number of nitrogens with zero attached hydrogens (tertiary/aromatic N) is 1. The molecule has 2 rings (SSSR count). The van der Waals surface area contributed by atoms with Crippen molar-refractivity contribution in [1.82, 2.24) is 5.43 Å². The molecule has 0 saturated heterocycles. The van der Waals surface area contributed by atoms with Gasteiger partial charge in [0.1, 0.15) is 0 Å². The van der Waals surface area contributed by atoms with Crippen LogP contribution in [0, 0.1) is 13.8 Å². The van der Waals surface area contributed by atoms with Crippen molar-refractivity contribution in [3.05, 3.63) is 52.6 Å². The number of hydrazone groups is 1. The minimum atomic E-state index is -0.290. The molecule has 0 heterocycles. The third-order valence-corrected chi connectivity index (χ3v) is 3.51. The average molecular weight is 328 g/mol. The number of phenols is 1. The van der Waals surface area contributed by atoms with Crippen molar-refractivity contribution < 1.29 is 19.4 Å². The number of amides is 1. The molecule has 6 nitrogen and oxygen atoms in total. The topological polar surface area (TPSA) is 80.2 Å². The number of carbonyl (C=O) groups excluding carboxylic acids is 1. The van der Waals surface area contributed by atoms with Gasteiger partial charge in [-0.15, -0.1) is 0 Å². The number of nitrogens with one attached hydrogen (secondary N) is 1. The minimum Gasteiger partial charge on any atom is -0.502 e. The third-order valence-electron chi connectivity index (χ3n) is 3.51. The van der Waals surface area contributed by atoms with E-state index in [0.717, 1.165) is 11.1 Å². The van der Waals surface area contributed by atoms with Crippen LogP contribution < -0.4 is 14.9 Å². The zero-order valence-corrected chi connectivity index (χ0v) is 14.1. The van der Waals surface area contributed by atoms with E-state index in [-0.39, 0.29) is 23.2 Å². The molecule has 0 unspecified atom stereocenters. The highest BCUT2D eigenvalue weighted by Crippen LogP contribution is 2.36. The van der Waals surface area contributed by atoms with Crippen LogP contribution in [0.4, 0.5) is 0 Å². The van der Waals surface area contributed by atoms with Crippen LogP contribution in [0.1, 0.15) is 27.0 Å². The number of hydrogen-bond donors (Lipinski definition) is 2. The Hall–Kier alpha value is -3.02. The summed E-state index contributed by atoms with van der Waals surface area (Å²) in [6, 6.07) is 8.76. The SMILES string of the molecule is COc1cc(/C=N/NC(=O)c2ccc(C)cc2C)cc(OC)c1O. The number of carbonyl (C=O) groups is 1. The van der Waals surface area contributed by atoms with Gasteiger partial charge in [0.2, 0.25) is 5.75 Å². The van der Waals surface area contributed by atoms with Crippen LogP contribution in [0.5, 0.6) is 17.2 Å². The van der Waals surface area contributed by atoms with E-state index < -0.39 is 0 Å². The van der Waals surface area contributed by atoms with E-state index >= 15 is 0 Å². The molecule has 0 radical (unpaired) electrons. The van der Waals surface area contributed by atoms with E-state index in [4.69, 9.17) is 9.47 Å². The van der Waals surface area contributed by atoms with Gasteiger partial charge in [0.25, 0.3) is 5.91 Å². The Morgan fingerprint density at radius 1 is 1.12 bits per heavy atom. The van der Waals surface area contributed by atoms with Crippen LogP contribution in [0.2, 0.25) is 0 Å². The fourth-order valence-corrected chi connectivity index (χ4v) is 2.28. The second-order valence-corrected chi connectivity index (χ2v) is 5.29. The number of hydrogen-bond acceptors (Lipinski definition) is 5. The van der Waals surface area contributed by atoms with Gasteiger partial charge in [-0.2, -0.15) is 5.10 Å². The Bertz CT molecular complexity index is 760. The van der Waals surface area contributed by atoms with Gasteiger partial charge in [0.05, 0.1) is 20.4 Å². The first-order valence-electron chi connectivity index (χ1n) is 7.32. The number of benzene rings is 2. The van der Waals surface area contributed by atoms with Crippen LogP contribution >= 0.6 is 0 Å². The Labute approximate surface area is 140 Å². The van der Waals surface area contributed by atoms with Crippen molar-refractivity contribution in [3.63, 3.8) is 0 Å². The van der Waals surface area contributed by atoms with E-state index in [1.54, 1.807) is 18.2 Å². The van der Waals surface area contributed by atoms with Crippen LogP contribution in [0.15, 0.2) is 35.4 Å². The van der Waals surface area contributed by atoms with Gasteiger partial charge in [0.15, 0.2) is 11.5 Å². The predicted molar refractivity (Wildman–Crippen MR) is 92.2 cm³/mol. The van der Waals surface area contributed by atoms with E-state index in [0.29, 0.717) is 11.1 Å². The van der Waals surface area contributed by atoms with E-state index in [2.05, 4.69) is 10.5 Å². The lowest BCUT2D eigenvalue weighted by Gasteiger charge is -2.09. The normalized spacial score (nSPS) is 10.7. The molecule has 2 N–H and O–H groups in total. The maximum Gasteiger partial charge on any atom is 0.271 e. The molecule has 24 heavy (non-hydrogen) atoms. The highest BCUT2D eigenvalue weighted by atomic mass is 16.5. The van der Waals surface area contributed by atoms with Gasteiger partial charge in [-0.25, -0.2) is 5.43 Å². The highest BCUT2D eigenvalue weighted by molar-refractivity contribution is 5.96. The van der Waals surface area contributed by atoms with Crippen LogP contribution in [0.25, 0.3) is 0 Å². The molecule has 0 aromatic heterocycles. The summed E-state index contributed by atoms with van der Waals surface area (Å²) in [4.78, 5) is 12.2. The second-order valence-electron chi connectivity index (χ2n) is 5.29. The smallest absolute Gasteiger partial charge is 0.271 e. The van der Waals surface area contributed by atoms with Crippen LogP contribution in [0.3, 0.4) is 0 Å². The van der Waals surface area contributed by atoms with Crippen molar-refractivity contribution in [2.45, 2.75) is 13.8 Å². The molecule has 126 valence electrons. The molecule has 0 fully saturated rings. The second kappa shape index (κ2) is 7.50. The van der Waals surface area contributed by atoms with E-state index in [9.17, 15) is 9.90 Å². The molecular formula is C18H20N2O4. The van der Waals surface area contributed by atoms with E-state index in [1.165, 1.54) is 20.4 Å². The molecule has 0 bridgehead atoms. The van der Waals surface area contributed by atoms with Gasteiger partial charge in [-0.1, -0.05) is 17.7 Å². The molecule has 0 atom stereocenters. The molecule has 1 amide bonds. The molecule has 0 spiro atoms. The maximum atomic E-state index is 12.2. The number of phenolic OH excluding ortho intramolecular Hbond substituents is 1. The largest absolute Gasteiger partial charge is 0.502 e. The zero-order valence-electron chi connectivity index (χ0n) is 14.1. The fraction of sp³-hybridized carbons (Fsp3) is 0.222. The first kappa shape index (κ1) is 17.3. The monoisotopic (exact) mass is 328 g/mol. The first-order chi connectivity index (χ1) is 11.5. The molecular weight excluding hydrogens is 308 g/mol. The molecule has 2 aromatic rings. The van der Waals surface area contributed by atoms with Crippen molar-refractivity contribution >= 4 is 12.1 Å². The summed E-state index contributed by atoms with van der Waals surface area (Å²) < 4.78 is 10.1. The number of aryl methyl sites for hydroxylation is 2. The Morgan fingerprint density at radius 2 is 1.75 bits per heavy atom. The van der Waals surface area contributed by atoms with Crippen molar-refractivity contribution in [3.8, 4) is 17.2 Å². The fourth-order valence-electron chi connectivity index (χ4n) is 2.28. The van der Waals surface area contributed by atoms with Crippen molar-refractivity contribution in [1.29, 1.82) is 0 Å². The van der Waals surface area contributed by atoms with Crippen LogP contribution in [-0.2, 0) is 0 Å². The summed E-state index contributed by atoms with van der Waals surface area (Å²) in [5, 5.41) is 13.8. The van der Waals surface area contributed by atoms with Gasteiger partial charge >= 0.3 is 0 Å². The summed E-state index contributed by atoms with van der Waals surface area (Å²) in [6.45, 7) is 3.85. The van der Waals surface area contributed by atoms with Crippen molar-refractivity contribution in [2.75, 3.05) is 14.2 Å². The average Bonchev–Trinajstić information content (AvgIpc) is 2.55. The minimum absolute atomic E-state index is 0.0866. The number of ether oxygens (including phenoxy) is 2. The standard InChI is InChI=1S/C18H20N2O4/c1-11-5-6-14(12(2)7-11)18(22)20-19-10-13-8-15(23-3)17(21)16(9-13)24-4/h5-10,21H,1-4H3,(H,20,22)/b19-10+. The summed E-state index contributed by atoms with van der Waals surface area (Å²) >= 11 is 0. The molecule has 2 aromatic carbocycles. The summed E-state index contributed by atoms with van der Waals surface area (Å²) in [5.41, 5.74) is 5.64. The quantitative estimate of drug-likeness (QED) is 0.653. The highest BCUT2D eigenvalue weighted by Gasteiger charge is 2.11. The molecule has 6 heteroatoms.